The third-order valence-corrected chi connectivity index (χ3v) is 6.27. The van der Waals surface area contributed by atoms with Crippen LogP contribution in [0.1, 0.15) is 50.4 Å². The average Bonchev–Trinajstić information content (AvgIpc) is 2.72. The van der Waals surface area contributed by atoms with Crippen LogP contribution in [0.15, 0.2) is 24.3 Å². The smallest absolute Gasteiger partial charge is 0.251 e. The fraction of sp³-hybridized carbons (Fsp3) is 0.588. The Hall–Kier alpha value is -1.51. The molecular formula is C17H24N2O. The molecule has 0 aliphatic heterocycles. The second kappa shape index (κ2) is 4.24. The molecular weight excluding hydrogens is 248 g/mol. The van der Waals surface area contributed by atoms with Crippen LogP contribution in [-0.2, 0) is 0 Å². The van der Waals surface area contributed by atoms with E-state index in [-0.39, 0.29) is 11.3 Å². The Labute approximate surface area is 120 Å². The molecule has 2 fully saturated rings. The SMILES string of the molecule is CC1(C)C2CCC1(C)C(NC(=O)c1ccc(N)cc1)C2. The van der Waals surface area contributed by atoms with Gasteiger partial charge in [-0.25, -0.2) is 0 Å². The molecule has 1 aromatic rings. The number of carbonyl (C=O) groups excluding carboxylic acids is 1. The summed E-state index contributed by atoms with van der Waals surface area (Å²) in [6.07, 6.45) is 3.64. The van der Waals surface area contributed by atoms with Crippen molar-refractivity contribution in [1.29, 1.82) is 0 Å². The van der Waals surface area contributed by atoms with Gasteiger partial charge >= 0.3 is 0 Å². The van der Waals surface area contributed by atoms with Crippen LogP contribution in [0.5, 0.6) is 0 Å². The molecule has 20 heavy (non-hydrogen) atoms. The number of nitrogen functional groups attached to an aromatic ring is 1. The Bertz CT molecular complexity index is 534. The largest absolute Gasteiger partial charge is 0.399 e. The lowest BCUT2D eigenvalue weighted by Gasteiger charge is -2.39. The van der Waals surface area contributed by atoms with Gasteiger partial charge in [0.2, 0.25) is 0 Å². The van der Waals surface area contributed by atoms with Crippen molar-refractivity contribution in [3.05, 3.63) is 29.8 Å². The summed E-state index contributed by atoms with van der Waals surface area (Å²) in [6.45, 7) is 7.06. The number of fused-ring (bicyclic) bond motifs is 2. The van der Waals surface area contributed by atoms with Crippen molar-refractivity contribution >= 4 is 11.6 Å². The topological polar surface area (TPSA) is 55.1 Å². The molecule has 0 heterocycles. The average molecular weight is 272 g/mol. The zero-order valence-corrected chi connectivity index (χ0v) is 12.6. The zero-order valence-electron chi connectivity index (χ0n) is 12.6. The number of anilines is 1. The Balaban J connectivity index is 1.76. The van der Waals surface area contributed by atoms with E-state index in [1.807, 2.05) is 0 Å². The van der Waals surface area contributed by atoms with Crippen molar-refractivity contribution in [3.8, 4) is 0 Å². The summed E-state index contributed by atoms with van der Waals surface area (Å²) in [5.74, 6) is 0.767. The third kappa shape index (κ3) is 1.75. The van der Waals surface area contributed by atoms with Gasteiger partial charge in [0.25, 0.3) is 5.91 Å². The van der Waals surface area contributed by atoms with Gasteiger partial charge in [-0.2, -0.15) is 0 Å². The fourth-order valence-corrected chi connectivity index (χ4v) is 4.30. The van der Waals surface area contributed by atoms with Gasteiger partial charge < -0.3 is 11.1 Å². The molecule has 3 rings (SSSR count). The molecule has 1 aromatic carbocycles. The highest BCUT2D eigenvalue weighted by molar-refractivity contribution is 5.94. The first kappa shape index (κ1) is 13.5. The van der Waals surface area contributed by atoms with Crippen LogP contribution in [0.3, 0.4) is 0 Å². The lowest BCUT2D eigenvalue weighted by Crippen LogP contribution is -2.46. The van der Waals surface area contributed by atoms with Gasteiger partial charge in [-0.3, -0.25) is 4.79 Å². The summed E-state index contributed by atoms with van der Waals surface area (Å²) in [4.78, 5) is 12.4. The standard InChI is InChI=1S/C17H24N2O/c1-16(2)12-8-9-17(16,3)14(10-12)19-15(20)11-4-6-13(18)7-5-11/h4-7,12,14H,8-10,18H2,1-3H3,(H,19,20). The van der Waals surface area contributed by atoms with Crippen LogP contribution < -0.4 is 11.1 Å². The molecule has 0 aromatic heterocycles. The first-order chi connectivity index (χ1) is 9.34. The molecule has 3 unspecified atom stereocenters. The first-order valence-electron chi connectivity index (χ1n) is 7.51. The van der Waals surface area contributed by atoms with Gasteiger partial charge in [0.15, 0.2) is 0 Å². The van der Waals surface area contributed by atoms with Crippen molar-refractivity contribution in [2.45, 2.75) is 46.1 Å². The normalized spacial score (nSPS) is 34.1. The number of benzene rings is 1. The molecule has 0 radical (unpaired) electrons. The van der Waals surface area contributed by atoms with Gasteiger partial charge in [0.1, 0.15) is 0 Å². The minimum Gasteiger partial charge on any atom is -0.399 e. The predicted octanol–water partition coefficient (Wildman–Crippen LogP) is 3.21. The second-order valence-corrected chi connectivity index (χ2v) is 7.26. The highest BCUT2D eigenvalue weighted by Crippen LogP contribution is 2.65. The Morgan fingerprint density at radius 3 is 2.40 bits per heavy atom. The summed E-state index contributed by atoms with van der Waals surface area (Å²) < 4.78 is 0. The van der Waals surface area contributed by atoms with Crippen molar-refractivity contribution in [1.82, 2.24) is 5.32 Å². The maximum Gasteiger partial charge on any atom is 0.251 e. The van der Waals surface area contributed by atoms with E-state index < -0.39 is 0 Å². The number of rotatable bonds is 2. The van der Waals surface area contributed by atoms with Crippen LogP contribution in [-0.4, -0.2) is 11.9 Å². The van der Waals surface area contributed by atoms with Crippen molar-refractivity contribution < 1.29 is 4.79 Å². The highest BCUT2D eigenvalue weighted by Gasteiger charge is 2.61. The van der Waals surface area contributed by atoms with Crippen molar-refractivity contribution in [2.24, 2.45) is 16.7 Å². The Morgan fingerprint density at radius 1 is 1.25 bits per heavy atom. The summed E-state index contributed by atoms with van der Waals surface area (Å²) in [5.41, 5.74) is 7.60. The van der Waals surface area contributed by atoms with E-state index in [9.17, 15) is 4.79 Å². The molecule has 3 nitrogen and oxygen atoms in total. The zero-order chi connectivity index (χ0) is 14.5. The number of hydrogen-bond donors (Lipinski definition) is 2. The van der Waals surface area contributed by atoms with Crippen molar-refractivity contribution in [3.63, 3.8) is 0 Å². The van der Waals surface area contributed by atoms with Gasteiger partial charge in [-0.1, -0.05) is 20.8 Å². The Morgan fingerprint density at radius 2 is 1.90 bits per heavy atom. The molecule has 3 heteroatoms. The summed E-state index contributed by atoms with van der Waals surface area (Å²) in [6, 6.07) is 7.45. The van der Waals surface area contributed by atoms with Crippen LogP contribution in [0.4, 0.5) is 5.69 Å². The van der Waals surface area contributed by atoms with E-state index in [4.69, 9.17) is 5.73 Å². The molecule has 3 N–H and O–H groups in total. The third-order valence-electron chi connectivity index (χ3n) is 6.27. The summed E-state index contributed by atoms with van der Waals surface area (Å²) >= 11 is 0. The molecule has 2 saturated carbocycles. The Kier molecular flexibility index (Phi) is 2.86. The van der Waals surface area contributed by atoms with Gasteiger partial charge in [-0.05, 0) is 60.3 Å². The molecule has 2 bridgehead atoms. The predicted molar refractivity (Wildman–Crippen MR) is 81.3 cm³/mol. The number of carbonyl (C=O) groups is 1. The van der Waals surface area contributed by atoms with E-state index in [1.54, 1.807) is 24.3 Å². The maximum atomic E-state index is 12.4. The van der Waals surface area contributed by atoms with Crippen LogP contribution >= 0.6 is 0 Å². The van der Waals surface area contributed by atoms with Crippen molar-refractivity contribution in [2.75, 3.05) is 5.73 Å². The monoisotopic (exact) mass is 272 g/mol. The second-order valence-electron chi connectivity index (χ2n) is 7.26. The molecule has 0 saturated heterocycles. The molecule has 3 atom stereocenters. The number of amides is 1. The van der Waals surface area contributed by atoms with E-state index >= 15 is 0 Å². The maximum absolute atomic E-state index is 12.4. The van der Waals surface area contributed by atoms with E-state index in [2.05, 4.69) is 26.1 Å². The highest BCUT2D eigenvalue weighted by atomic mass is 16.1. The quantitative estimate of drug-likeness (QED) is 0.812. The minimum atomic E-state index is 0.0274. The summed E-state index contributed by atoms with van der Waals surface area (Å²) in [7, 11) is 0. The first-order valence-corrected chi connectivity index (χ1v) is 7.51. The van der Waals surface area contributed by atoms with E-state index in [0.717, 1.165) is 12.3 Å². The minimum absolute atomic E-state index is 0.0274. The number of nitrogens with two attached hydrogens (primary N) is 1. The summed E-state index contributed by atoms with van der Waals surface area (Å²) in [5, 5.41) is 3.26. The number of hydrogen-bond acceptors (Lipinski definition) is 2. The molecule has 2 aliphatic carbocycles. The van der Waals surface area contributed by atoms with E-state index in [1.165, 1.54) is 12.8 Å². The van der Waals surface area contributed by atoms with Gasteiger partial charge in [-0.15, -0.1) is 0 Å². The molecule has 2 aliphatic rings. The fourth-order valence-electron chi connectivity index (χ4n) is 4.30. The van der Waals surface area contributed by atoms with Gasteiger partial charge in [0, 0.05) is 17.3 Å². The molecule has 0 spiro atoms. The molecule has 108 valence electrons. The van der Waals surface area contributed by atoms with Gasteiger partial charge in [0.05, 0.1) is 0 Å². The van der Waals surface area contributed by atoms with Crippen LogP contribution in [0.2, 0.25) is 0 Å². The number of nitrogens with one attached hydrogen (secondary N) is 1. The lowest BCUT2D eigenvalue weighted by atomic mass is 9.69. The lowest BCUT2D eigenvalue weighted by molar-refractivity contribution is 0.0826. The molecule has 1 amide bonds. The van der Waals surface area contributed by atoms with Crippen LogP contribution in [0, 0.1) is 16.7 Å². The van der Waals surface area contributed by atoms with E-state index in [0.29, 0.717) is 22.7 Å². The van der Waals surface area contributed by atoms with Crippen LogP contribution in [0.25, 0.3) is 0 Å².